The Morgan fingerprint density at radius 2 is 1.66 bits per heavy atom. The number of carbonyl (C=O) groups is 1. The molecule has 1 aromatic heterocycles. The summed E-state index contributed by atoms with van der Waals surface area (Å²) < 4.78 is 1.85. The number of aromatic nitrogens is 2. The van der Waals surface area contributed by atoms with Gasteiger partial charge in [0, 0.05) is 31.0 Å². The van der Waals surface area contributed by atoms with Gasteiger partial charge in [-0.2, -0.15) is 5.10 Å². The molecular weight excluding hydrogens is 360 g/mol. The standard InChI is InChI=1S/C24H26N4O/c1-26-16-20(15-25-26)17-27-13-11-24(12-14-27)21-9-5-6-10-22(21)28(23(24)29)18-19-7-3-2-4-8-19/h2-10,15-16H,11-14,17-18H2,1H3. The van der Waals surface area contributed by atoms with Crippen molar-refractivity contribution in [2.45, 2.75) is 31.3 Å². The third kappa shape index (κ3) is 3.15. The first-order chi connectivity index (χ1) is 14.2. The lowest BCUT2D eigenvalue weighted by atomic mass is 9.73. The van der Waals surface area contributed by atoms with Gasteiger partial charge in [0.1, 0.15) is 0 Å². The Morgan fingerprint density at radius 1 is 0.931 bits per heavy atom. The van der Waals surface area contributed by atoms with Crippen LogP contribution < -0.4 is 4.90 Å². The molecule has 5 nitrogen and oxygen atoms in total. The van der Waals surface area contributed by atoms with Crippen LogP contribution in [0.15, 0.2) is 67.0 Å². The zero-order chi connectivity index (χ0) is 19.8. The number of benzene rings is 2. The van der Waals surface area contributed by atoms with Crippen LogP contribution in [-0.4, -0.2) is 33.7 Å². The lowest BCUT2D eigenvalue weighted by molar-refractivity contribution is -0.125. The van der Waals surface area contributed by atoms with E-state index in [1.165, 1.54) is 16.7 Å². The zero-order valence-corrected chi connectivity index (χ0v) is 16.8. The van der Waals surface area contributed by atoms with Gasteiger partial charge < -0.3 is 4.90 Å². The monoisotopic (exact) mass is 386 g/mol. The average Bonchev–Trinajstić information content (AvgIpc) is 3.26. The van der Waals surface area contributed by atoms with Crippen molar-refractivity contribution in [3.8, 4) is 0 Å². The fourth-order valence-corrected chi connectivity index (χ4v) is 4.91. The zero-order valence-electron chi connectivity index (χ0n) is 16.8. The van der Waals surface area contributed by atoms with Crippen LogP contribution in [-0.2, 0) is 30.3 Å². The van der Waals surface area contributed by atoms with Crippen molar-refractivity contribution in [3.05, 3.63) is 83.7 Å². The smallest absolute Gasteiger partial charge is 0.238 e. The highest BCUT2D eigenvalue weighted by molar-refractivity contribution is 6.08. The average molecular weight is 386 g/mol. The largest absolute Gasteiger partial charge is 0.307 e. The second-order valence-electron chi connectivity index (χ2n) is 8.27. The van der Waals surface area contributed by atoms with Gasteiger partial charge in [-0.25, -0.2) is 0 Å². The Labute approximate surface area is 171 Å². The first-order valence-corrected chi connectivity index (χ1v) is 10.3. The number of amides is 1. The maximum absolute atomic E-state index is 13.7. The molecule has 1 amide bonds. The molecule has 0 saturated carbocycles. The Kier molecular flexibility index (Phi) is 4.47. The summed E-state index contributed by atoms with van der Waals surface area (Å²) in [6.45, 7) is 3.38. The van der Waals surface area contributed by atoms with E-state index in [4.69, 9.17) is 0 Å². The Hall–Kier alpha value is -2.92. The molecule has 1 spiro atoms. The molecule has 1 fully saturated rings. The lowest BCUT2D eigenvalue weighted by Gasteiger charge is -2.38. The molecule has 2 aliphatic rings. The number of fused-ring (bicyclic) bond motifs is 2. The van der Waals surface area contributed by atoms with Crippen LogP contribution in [0.4, 0.5) is 5.69 Å². The fourth-order valence-electron chi connectivity index (χ4n) is 4.91. The number of hydrogen-bond acceptors (Lipinski definition) is 3. The normalized spacial score (nSPS) is 18.4. The van der Waals surface area contributed by atoms with Crippen LogP contribution in [0.25, 0.3) is 0 Å². The molecule has 0 unspecified atom stereocenters. The Bertz CT molecular complexity index is 1020. The summed E-state index contributed by atoms with van der Waals surface area (Å²) in [5, 5.41) is 4.27. The Morgan fingerprint density at radius 3 is 2.38 bits per heavy atom. The van der Waals surface area contributed by atoms with Crippen LogP contribution in [0, 0.1) is 0 Å². The molecule has 1 saturated heterocycles. The maximum Gasteiger partial charge on any atom is 0.238 e. The Balaban J connectivity index is 1.38. The van der Waals surface area contributed by atoms with E-state index < -0.39 is 0 Å². The molecule has 0 N–H and O–H groups in total. The third-order valence-electron chi connectivity index (χ3n) is 6.42. The minimum atomic E-state index is -0.378. The summed E-state index contributed by atoms with van der Waals surface area (Å²) in [5.74, 6) is 0.267. The first kappa shape index (κ1) is 18.1. The first-order valence-electron chi connectivity index (χ1n) is 10.3. The summed E-state index contributed by atoms with van der Waals surface area (Å²) in [5.41, 5.74) is 4.31. The molecule has 0 radical (unpaired) electrons. The lowest BCUT2D eigenvalue weighted by Crippen LogP contribution is -2.48. The number of aryl methyl sites for hydroxylation is 1. The summed E-state index contributed by atoms with van der Waals surface area (Å²) >= 11 is 0. The molecule has 5 heteroatoms. The van der Waals surface area contributed by atoms with Crippen molar-refractivity contribution in [2.75, 3.05) is 18.0 Å². The molecule has 3 heterocycles. The highest BCUT2D eigenvalue weighted by Gasteiger charge is 2.51. The van der Waals surface area contributed by atoms with E-state index in [0.29, 0.717) is 6.54 Å². The molecule has 0 bridgehead atoms. The second-order valence-corrected chi connectivity index (χ2v) is 8.27. The van der Waals surface area contributed by atoms with Gasteiger partial charge in [0.25, 0.3) is 0 Å². The minimum absolute atomic E-state index is 0.267. The van der Waals surface area contributed by atoms with Gasteiger partial charge in [-0.15, -0.1) is 0 Å². The van der Waals surface area contributed by atoms with Gasteiger partial charge in [0.15, 0.2) is 0 Å². The van der Waals surface area contributed by atoms with Crippen molar-refractivity contribution in [3.63, 3.8) is 0 Å². The van der Waals surface area contributed by atoms with E-state index in [1.54, 1.807) is 0 Å². The van der Waals surface area contributed by atoms with Crippen LogP contribution in [0.2, 0.25) is 0 Å². The van der Waals surface area contributed by atoms with Crippen LogP contribution in [0.5, 0.6) is 0 Å². The van der Waals surface area contributed by atoms with Crippen molar-refractivity contribution < 1.29 is 4.79 Å². The van der Waals surface area contributed by atoms with Gasteiger partial charge in [0.05, 0.1) is 18.2 Å². The van der Waals surface area contributed by atoms with Crippen LogP contribution in [0.3, 0.4) is 0 Å². The van der Waals surface area contributed by atoms with Crippen LogP contribution >= 0.6 is 0 Å². The van der Waals surface area contributed by atoms with Gasteiger partial charge in [-0.3, -0.25) is 14.4 Å². The molecule has 29 heavy (non-hydrogen) atoms. The van der Waals surface area contributed by atoms with E-state index >= 15 is 0 Å². The molecular formula is C24H26N4O. The summed E-state index contributed by atoms with van der Waals surface area (Å²) in [6, 6.07) is 18.7. The topological polar surface area (TPSA) is 41.4 Å². The van der Waals surface area contributed by atoms with Gasteiger partial charge in [0.2, 0.25) is 5.91 Å². The number of hydrogen-bond donors (Lipinski definition) is 0. The highest BCUT2D eigenvalue weighted by Crippen LogP contribution is 2.48. The van der Waals surface area contributed by atoms with Crippen molar-refractivity contribution in [1.82, 2.24) is 14.7 Å². The number of likely N-dealkylation sites (tertiary alicyclic amines) is 1. The van der Waals surface area contributed by atoms with Crippen LogP contribution in [0.1, 0.15) is 29.5 Å². The minimum Gasteiger partial charge on any atom is -0.307 e. The maximum atomic E-state index is 13.7. The number of para-hydroxylation sites is 1. The quantitative estimate of drug-likeness (QED) is 0.689. The molecule has 0 atom stereocenters. The highest BCUT2D eigenvalue weighted by atomic mass is 16.2. The molecule has 2 aromatic carbocycles. The number of nitrogens with zero attached hydrogens (tertiary/aromatic N) is 4. The van der Waals surface area contributed by atoms with Crippen molar-refractivity contribution >= 4 is 11.6 Å². The van der Waals surface area contributed by atoms with E-state index in [0.717, 1.165) is 38.2 Å². The molecule has 2 aliphatic heterocycles. The molecule has 3 aromatic rings. The molecule has 0 aliphatic carbocycles. The van der Waals surface area contributed by atoms with Gasteiger partial charge in [-0.05, 0) is 43.1 Å². The predicted molar refractivity (Wildman–Crippen MR) is 113 cm³/mol. The predicted octanol–water partition coefficient (Wildman–Crippen LogP) is 3.50. The fraction of sp³-hybridized carbons (Fsp3) is 0.333. The van der Waals surface area contributed by atoms with E-state index in [2.05, 4.69) is 46.5 Å². The summed E-state index contributed by atoms with van der Waals surface area (Å²) in [7, 11) is 1.95. The second kappa shape index (κ2) is 7.16. The van der Waals surface area contributed by atoms with Gasteiger partial charge >= 0.3 is 0 Å². The summed E-state index contributed by atoms with van der Waals surface area (Å²) in [6.07, 6.45) is 5.74. The number of anilines is 1. The van der Waals surface area contributed by atoms with E-state index in [9.17, 15) is 4.79 Å². The number of piperidine rings is 1. The van der Waals surface area contributed by atoms with E-state index in [-0.39, 0.29) is 11.3 Å². The number of carbonyl (C=O) groups excluding carboxylic acids is 1. The van der Waals surface area contributed by atoms with E-state index in [1.807, 2.05) is 47.1 Å². The van der Waals surface area contributed by atoms with Gasteiger partial charge in [-0.1, -0.05) is 48.5 Å². The number of rotatable bonds is 4. The SMILES string of the molecule is Cn1cc(CN2CCC3(CC2)C(=O)N(Cc2ccccc2)c2ccccc23)cn1. The van der Waals surface area contributed by atoms with Crippen molar-refractivity contribution in [2.24, 2.45) is 7.05 Å². The third-order valence-corrected chi connectivity index (χ3v) is 6.42. The van der Waals surface area contributed by atoms with Crippen molar-refractivity contribution in [1.29, 1.82) is 0 Å². The summed E-state index contributed by atoms with van der Waals surface area (Å²) in [4.78, 5) is 18.1. The molecule has 5 rings (SSSR count). The molecule has 148 valence electrons.